The van der Waals surface area contributed by atoms with Crippen LogP contribution in [0.25, 0.3) is 0 Å². The van der Waals surface area contributed by atoms with Gasteiger partial charge in [0.2, 0.25) is 0 Å². The molecule has 2 atom stereocenters. The Morgan fingerprint density at radius 3 is 2.21 bits per heavy atom. The molecule has 2 aromatic rings. The van der Waals surface area contributed by atoms with Crippen LogP contribution >= 0.6 is 0 Å². The van der Waals surface area contributed by atoms with E-state index in [1.807, 2.05) is 37.3 Å². The summed E-state index contributed by atoms with van der Waals surface area (Å²) in [5.74, 6) is -0.238. The molecule has 2 nitrogen and oxygen atoms in total. The van der Waals surface area contributed by atoms with Gasteiger partial charge in [-0.1, -0.05) is 42.5 Å². The second-order valence-corrected chi connectivity index (χ2v) is 4.59. The van der Waals surface area contributed by atoms with Gasteiger partial charge >= 0.3 is 0 Å². The van der Waals surface area contributed by atoms with E-state index in [1.165, 1.54) is 12.1 Å². The van der Waals surface area contributed by atoms with Crippen molar-refractivity contribution in [1.29, 1.82) is 0 Å². The second kappa shape index (κ2) is 6.45. The van der Waals surface area contributed by atoms with Crippen molar-refractivity contribution >= 4 is 0 Å². The highest BCUT2D eigenvalue weighted by Gasteiger charge is 2.14. The average Bonchev–Trinajstić information content (AvgIpc) is 2.46. The maximum absolute atomic E-state index is 12.9. The maximum atomic E-state index is 12.9. The topological polar surface area (TPSA) is 32.3 Å². The highest BCUT2D eigenvalue weighted by atomic mass is 19.1. The van der Waals surface area contributed by atoms with Gasteiger partial charge in [0, 0.05) is 6.04 Å². The molecule has 19 heavy (non-hydrogen) atoms. The number of nitrogens with one attached hydrogen (secondary N) is 1. The van der Waals surface area contributed by atoms with Crippen LogP contribution < -0.4 is 5.32 Å². The van der Waals surface area contributed by atoms with Crippen LogP contribution in [-0.4, -0.2) is 11.7 Å². The molecule has 0 aromatic heterocycles. The van der Waals surface area contributed by atoms with E-state index < -0.39 is 0 Å². The highest BCUT2D eigenvalue weighted by Crippen LogP contribution is 2.19. The van der Waals surface area contributed by atoms with Crippen LogP contribution in [0, 0.1) is 5.82 Å². The lowest BCUT2D eigenvalue weighted by Gasteiger charge is -2.22. The predicted octanol–water partition coefficient (Wildman–Crippen LogP) is 3.21. The van der Waals surface area contributed by atoms with Crippen LogP contribution in [0.2, 0.25) is 0 Å². The summed E-state index contributed by atoms with van der Waals surface area (Å²) < 4.78 is 12.9. The van der Waals surface area contributed by atoms with E-state index in [1.54, 1.807) is 12.1 Å². The van der Waals surface area contributed by atoms with Gasteiger partial charge in [0.15, 0.2) is 0 Å². The lowest BCUT2D eigenvalue weighted by molar-refractivity contribution is 0.235. The van der Waals surface area contributed by atoms with Crippen LogP contribution in [0.5, 0.6) is 0 Å². The Morgan fingerprint density at radius 2 is 1.63 bits per heavy atom. The van der Waals surface area contributed by atoms with Crippen molar-refractivity contribution in [2.75, 3.05) is 6.61 Å². The summed E-state index contributed by atoms with van der Waals surface area (Å²) in [7, 11) is 0. The standard InChI is InChI=1S/C16H18FNO/c1-12(13-7-9-15(17)10-8-13)18-16(11-19)14-5-3-2-4-6-14/h2-10,12,16,18-19H,11H2,1H3. The number of benzene rings is 2. The van der Waals surface area contributed by atoms with Gasteiger partial charge in [0.1, 0.15) is 5.82 Å². The summed E-state index contributed by atoms with van der Waals surface area (Å²) in [6, 6.07) is 16.1. The largest absolute Gasteiger partial charge is 0.394 e. The van der Waals surface area contributed by atoms with Crippen molar-refractivity contribution in [2.24, 2.45) is 0 Å². The van der Waals surface area contributed by atoms with Crippen molar-refractivity contribution in [1.82, 2.24) is 5.32 Å². The summed E-state index contributed by atoms with van der Waals surface area (Å²) in [4.78, 5) is 0. The molecular weight excluding hydrogens is 241 g/mol. The molecule has 0 aliphatic rings. The molecule has 0 heterocycles. The van der Waals surface area contributed by atoms with E-state index in [9.17, 15) is 9.50 Å². The molecule has 0 radical (unpaired) electrons. The minimum absolute atomic E-state index is 0.0234. The molecule has 3 heteroatoms. The van der Waals surface area contributed by atoms with Crippen LogP contribution in [-0.2, 0) is 0 Å². The van der Waals surface area contributed by atoms with Gasteiger partial charge in [-0.2, -0.15) is 0 Å². The first-order valence-electron chi connectivity index (χ1n) is 6.38. The Balaban J connectivity index is 2.08. The molecule has 100 valence electrons. The zero-order valence-corrected chi connectivity index (χ0v) is 10.9. The molecule has 0 fully saturated rings. The minimum Gasteiger partial charge on any atom is -0.394 e. The Kier molecular flexibility index (Phi) is 4.66. The molecule has 2 rings (SSSR count). The lowest BCUT2D eigenvalue weighted by Crippen LogP contribution is -2.27. The van der Waals surface area contributed by atoms with Crippen LogP contribution in [0.3, 0.4) is 0 Å². The van der Waals surface area contributed by atoms with E-state index >= 15 is 0 Å². The summed E-state index contributed by atoms with van der Waals surface area (Å²) in [6.07, 6.45) is 0. The SMILES string of the molecule is CC(NC(CO)c1ccccc1)c1ccc(F)cc1. The fraction of sp³-hybridized carbons (Fsp3) is 0.250. The van der Waals surface area contributed by atoms with E-state index in [0.717, 1.165) is 11.1 Å². The molecule has 2 aromatic carbocycles. The minimum atomic E-state index is -0.238. The molecule has 0 bridgehead atoms. The van der Waals surface area contributed by atoms with E-state index in [4.69, 9.17) is 0 Å². The van der Waals surface area contributed by atoms with Gasteiger partial charge in [-0.3, -0.25) is 0 Å². The normalized spacial score (nSPS) is 14.1. The molecule has 2 unspecified atom stereocenters. The van der Waals surface area contributed by atoms with Crippen LogP contribution in [0.1, 0.15) is 30.1 Å². The van der Waals surface area contributed by atoms with Crippen LogP contribution in [0.4, 0.5) is 4.39 Å². The first kappa shape index (κ1) is 13.7. The molecule has 0 amide bonds. The number of hydrogen-bond donors (Lipinski definition) is 2. The van der Waals surface area contributed by atoms with Crippen molar-refractivity contribution in [3.05, 3.63) is 71.5 Å². The maximum Gasteiger partial charge on any atom is 0.123 e. The lowest BCUT2D eigenvalue weighted by atomic mass is 10.0. The smallest absolute Gasteiger partial charge is 0.123 e. The highest BCUT2D eigenvalue weighted by molar-refractivity contribution is 5.22. The van der Waals surface area contributed by atoms with Gasteiger partial charge in [0.25, 0.3) is 0 Å². The first-order chi connectivity index (χ1) is 9.20. The molecular formula is C16H18FNO. The third-order valence-corrected chi connectivity index (χ3v) is 3.21. The molecule has 0 aliphatic heterocycles. The monoisotopic (exact) mass is 259 g/mol. The second-order valence-electron chi connectivity index (χ2n) is 4.59. The molecule has 2 N–H and O–H groups in total. The average molecular weight is 259 g/mol. The number of aliphatic hydroxyl groups excluding tert-OH is 1. The van der Waals surface area contributed by atoms with Gasteiger partial charge < -0.3 is 10.4 Å². The summed E-state index contributed by atoms with van der Waals surface area (Å²) >= 11 is 0. The Labute approximate surface area is 112 Å². The van der Waals surface area contributed by atoms with Crippen molar-refractivity contribution in [3.8, 4) is 0 Å². The third-order valence-electron chi connectivity index (χ3n) is 3.21. The number of hydrogen-bond acceptors (Lipinski definition) is 2. The zero-order valence-electron chi connectivity index (χ0n) is 10.9. The van der Waals surface area contributed by atoms with Crippen molar-refractivity contribution < 1.29 is 9.50 Å². The quantitative estimate of drug-likeness (QED) is 0.864. The Bertz CT molecular complexity index is 498. The van der Waals surface area contributed by atoms with E-state index in [2.05, 4.69) is 5.32 Å². The molecule has 0 saturated heterocycles. The van der Waals surface area contributed by atoms with Gasteiger partial charge in [-0.25, -0.2) is 4.39 Å². The molecule has 0 spiro atoms. The van der Waals surface area contributed by atoms with E-state index in [-0.39, 0.29) is 24.5 Å². The van der Waals surface area contributed by atoms with Gasteiger partial charge in [0.05, 0.1) is 12.6 Å². The van der Waals surface area contributed by atoms with Crippen molar-refractivity contribution in [3.63, 3.8) is 0 Å². The Morgan fingerprint density at radius 1 is 1.00 bits per heavy atom. The summed E-state index contributed by atoms with van der Waals surface area (Å²) in [5.41, 5.74) is 2.04. The third kappa shape index (κ3) is 3.63. The van der Waals surface area contributed by atoms with Crippen LogP contribution in [0.15, 0.2) is 54.6 Å². The van der Waals surface area contributed by atoms with Crippen molar-refractivity contribution in [2.45, 2.75) is 19.0 Å². The number of aliphatic hydroxyl groups is 1. The molecule has 0 aliphatic carbocycles. The van der Waals surface area contributed by atoms with Gasteiger partial charge in [-0.15, -0.1) is 0 Å². The predicted molar refractivity (Wildman–Crippen MR) is 74.2 cm³/mol. The number of halogens is 1. The van der Waals surface area contributed by atoms with E-state index in [0.29, 0.717) is 0 Å². The summed E-state index contributed by atoms with van der Waals surface area (Å²) in [6.45, 7) is 2.02. The zero-order chi connectivity index (χ0) is 13.7. The van der Waals surface area contributed by atoms with Gasteiger partial charge in [-0.05, 0) is 30.2 Å². The molecule has 0 saturated carbocycles. The Hall–Kier alpha value is -1.71. The number of rotatable bonds is 5. The fourth-order valence-electron chi connectivity index (χ4n) is 2.09. The fourth-order valence-corrected chi connectivity index (χ4v) is 2.09. The summed E-state index contributed by atoms with van der Waals surface area (Å²) in [5, 5.41) is 12.8. The first-order valence-corrected chi connectivity index (χ1v) is 6.38.